The van der Waals surface area contributed by atoms with E-state index in [1.807, 2.05) is 15.6 Å². The second-order valence-electron chi connectivity index (χ2n) is 12.2. The molecule has 0 aliphatic carbocycles. The number of likely N-dealkylation sites (tertiary alicyclic amines) is 1. The van der Waals surface area contributed by atoms with E-state index >= 15 is 0 Å². The van der Waals surface area contributed by atoms with Crippen LogP contribution in [0.5, 0.6) is 0 Å². The molecule has 0 bridgehead atoms. The lowest BCUT2D eigenvalue weighted by molar-refractivity contribution is -0.139. The maximum Gasteiger partial charge on any atom is 0.417 e. The van der Waals surface area contributed by atoms with Gasteiger partial charge in [0.05, 0.1) is 29.6 Å². The van der Waals surface area contributed by atoms with Crippen molar-refractivity contribution in [2.75, 3.05) is 69.6 Å². The Morgan fingerprint density at radius 1 is 0.933 bits per heavy atom. The van der Waals surface area contributed by atoms with E-state index < -0.39 is 17.8 Å². The number of hydrogen-bond acceptors (Lipinski definition) is 7. The van der Waals surface area contributed by atoms with Gasteiger partial charge in [0.25, 0.3) is 0 Å². The van der Waals surface area contributed by atoms with Crippen LogP contribution in [0.15, 0.2) is 47.4 Å². The lowest BCUT2D eigenvalue weighted by Crippen LogP contribution is -2.49. The summed E-state index contributed by atoms with van der Waals surface area (Å²) in [7, 11) is 0. The average Bonchev–Trinajstić information content (AvgIpc) is 3.40. The Balaban J connectivity index is 1.14. The minimum atomic E-state index is -4.43. The highest BCUT2D eigenvalue weighted by atomic mass is 32.2. The van der Waals surface area contributed by atoms with Crippen LogP contribution in [0.4, 0.5) is 23.2 Å². The molecule has 1 unspecified atom stereocenters. The Morgan fingerprint density at radius 2 is 1.71 bits per heavy atom. The third kappa shape index (κ3) is 7.85. The molecule has 3 aliphatic rings. The van der Waals surface area contributed by atoms with Gasteiger partial charge in [-0.25, -0.2) is 4.39 Å². The summed E-state index contributed by atoms with van der Waals surface area (Å²) in [6.07, 6.45) is -0.857. The average molecular weight is 647 g/mol. The van der Waals surface area contributed by atoms with Crippen LogP contribution in [0.25, 0.3) is 11.3 Å². The molecule has 2 fully saturated rings. The van der Waals surface area contributed by atoms with E-state index in [1.165, 1.54) is 36.4 Å². The molecular weight excluding hydrogens is 604 g/mol. The van der Waals surface area contributed by atoms with Crippen molar-refractivity contribution >= 4 is 17.4 Å². The van der Waals surface area contributed by atoms with Gasteiger partial charge in [-0.05, 0) is 50.2 Å². The first-order valence-corrected chi connectivity index (χ1v) is 17.0. The van der Waals surface area contributed by atoms with Crippen LogP contribution in [0, 0.1) is 5.82 Å². The van der Waals surface area contributed by atoms with Crippen LogP contribution < -0.4 is 10.2 Å². The number of aliphatic hydroxyl groups excluding tert-OH is 1. The van der Waals surface area contributed by atoms with Crippen molar-refractivity contribution in [2.45, 2.75) is 55.9 Å². The Bertz CT molecular complexity index is 1440. The van der Waals surface area contributed by atoms with Gasteiger partial charge in [0.2, 0.25) is 0 Å². The van der Waals surface area contributed by atoms with Gasteiger partial charge in [0.1, 0.15) is 5.82 Å². The van der Waals surface area contributed by atoms with Gasteiger partial charge in [0, 0.05) is 86.2 Å². The monoisotopic (exact) mass is 646 g/mol. The zero-order chi connectivity index (χ0) is 31.4. The van der Waals surface area contributed by atoms with Crippen molar-refractivity contribution in [3.05, 3.63) is 65.1 Å². The molecule has 1 atom stereocenters. The van der Waals surface area contributed by atoms with E-state index in [0.717, 1.165) is 56.7 Å². The number of para-hydroxylation sites is 1. The van der Waals surface area contributed by atoms with Crippen LogP contribution in [0.3, 0.4) is 0 Å². The van der Waals surface area contributed by atoms with Crippen LogP contribution in [-0.4, -0.2) is 95.4 Å². The van der Waals surface area contributed by atoms with E-state index in [2.05, 4.69) is 15.1 Å². The molecule has 7 nitrogen and oxygen atoms in total. The fraction of sp³-hybridized carbons (Fsp3) is 0.545. The lowest BCUT2D eigenvalue weighted by atomic mass is 10.0. The van der Waals surface area contributed by atoms with Crippen molar-refractivity contribution < 1.29 is 22.7 Å². The van der Waals surface area contributed by atoms with Gasteiger partial charge in [-0.15, -0.1) is 11.8 Å². The topological polar surface area (TPSA) is 59.8 Å². The predicted molar refractivity (Wildman–Crippen MR) is 170 cm³/mol. The Labute approximate surface area is 266 Å². The minimum absolute atomic E-state index is 0.226. The number of aromatic nitrogens is 2. The van der Waals surface area contributed by atoms with Gasteiger partial charge in [-0.3, -0.25) is 9.58 Å². The van der Waals surface area contributed by atoms with E-state index in [0.29, 0.717) is 68.5 Å². The van der Waals surface area contributed by atoms with Crippen molar-refractivity contribution in [2.24, 2.45) is 0 Å². The molecule has 0 radical (unpaired) electrons. The van der Waals surface area contributed by atoms with Crippen molar-refractivity contribution in [1.82, 2.24) is 24.9 Å². The van der Waals surface area contributed by atoms with E-state index in [-0.39, 0.29) is 10.7 Å². The number of halogens is 4. The molecule has 45 heavy (non-hydrogen) atoms. The molecule has 3 aromatic rings. The number of alkyl halides is 3. The first kappa shape index (κ1) is 32.3. The third-order valence-electron chi connectivity index (χ3n) is 9.10. The van der Waals surface area contributed by atoms with Gasteiger partial charge in [-0.2, -0.15) is 18.3 Å². The number of β-amino-alcohol motifs (C(OH)–C–C–N with tert-alkyl or cyclic N) is 1. The SMILES string of the molecule is OC(CN1CCN(c2ccccc2F)CC1)Cn1nc(-c2ccc(C(F)(F)F)c(SCCN3CCCCC3)c2)c2c1CCNC2. The Kier molecular flexibility index (Phi) is 10.4. The molecule has 0 amide bonds. The predicted octanol–water partition coefficient (Wildman–Crippen LogP) is 5.11. The molecule has 6 rings (SSSR count). The first-order valence-electron chi connectivity index (χ1n) is 16.0. The molecule has 244 valence electrons. The molecular formula is C33H42F4N6OS. The van der Waals surface area contributed by atoms with Crippen molar-refractivity contribution in [3.63, 3.8) is 0 Å². The number of anilines is 1. The summed E-state index contributed by atoms with van der Waals surface area (Å²) in [5.41, 5.74) is 3.35. The van der Waals surface area contributed by atoms with Gasteiger partial charge >= 0.3 is 6.18 Å². The number of fused-ring (bicyclic) bond motifs is 1. The third-order valence-corrected chi connectivity index (χ3v) is 10.1. The molecule has 2 saturated heterocycles. The fourth-order valence-corrected chi connectivity index (χ4v) is 7.85. The minimum Gasteiger partial charge on any atom is -0.390 e. The molecule has 4 heterocycles. The second kappa shape index (κ2) is 14.4. The second-order valence-corrected chi connectivity index (χ2v) is 13.4. The maximum absolute atomic E-state index is 14.2. The number of piperidine rings is 1. The number of benzene rings is 2. The van der Waals surface area contributed by atoms with Crippen molar-refractivity contribution in [3.8, 4) is 11.3 Å². The summed E-state index contributed by atoms with van der Waals surface area (Å²) in [5.74, 6) is 0.373. The van der Waals surface area contributed by atoms with Crippen LogP contribution >= 0.6 is 11.8 Å². The number of piperazine rings is 1. The number of nitrogens with zero attached hydrogens (tertiary/aromatic N) is 5. The van der Waals surface area contributed by atoms with Crippen LogP contribution in [-0.2, 0) is 25.7 Å². The smallest absolute Gasteiger partial charge is 0.390 e. The number of hydrogen-bond donors (Lipinski definition) is 2. The highest BCUT2D eigenvalue weighted by Crippen LogP contribution is 2.40. The molecule has 1 aromatic heterocycles. The van der Waals surface area contributed by atoms with Crippen molar-refractivity contribution in [1.29, 1.82) is 0 Å². The fourth-order valence-electron chi connectivity index (χ4n) is 6.73. The summed E-state index contributed by atoms with van der Waals surface area (Å²) in [4.78, 5) is 6.79. The summed E-state index contributed by atoms with van der Waals surface area (Å²) in [6.45, 7) is 7.69. The zero-order valence-electron chi connectivity index (χ0n) is 25.5. The zero-order valence-corrected chi connectivity index (χ0v) is 26.4. The van der Waals surface area contributed by atoms with Gasteiger partial charge in [0.15, 0.2) is 0 Å². The molecule has 3 aliphatic heterocycles. The number of rotatable bonds is 10. The molecule has 2 N–H and O–H groups in total. The van der Waals surface area contributed by atoms with Gasteiger partial charge < -0.3 is 20.2 Å². The van der Waals surface area contributed by atoms with Gasteiger partial charge in [-0.1, -0.05) is 24.6 Å². The first-order chi connectivity index (χ1) is 21.8. The Morgan fingerprint density at radius 3 is 2.47 bits per heavy atom. The van der Waals surface area contributed by atoms with E-state index in [1.54, 1.807) is 18.2 Å². The highest BCUT2D eigenvalue weighted by molar-refractivity contribution is 7.99. The van der Waals surface area contributed by atoms with E-state index in [4.69, 9.17) is 5.10 Å². The standard InChI is InChI=1S/C33H42F4N6OS/c34-28-6-2-3-7-30(28)42-16-14-41(15-17-42)22-25(44)23-43-29-10-11-38-21-26(29)32(39-43)24-8-9-27(33(35,36)37)31(20-24)45-19-18-40-12-4-1-5-13-40/h2-3,6-9,20,25,38,44H,1,4-5,10-19,21-23H2. The van der Waals surface area contributed by atoms with E-state index in [9.17, 15) is 22.7 Å². The van der Waals surface area contributed by atoms with Crippen LogP contribution in [0.1, 0.15) is 36.1 Å². The summed E-state index contributed by atoms with van der Waals surface area (Å²) < 4.78 is 58.1. The summed E-state index contributed by atoms with van der Waals surface area (Å²) in [6, 6.07) is 11.2. The number of aliphatic hydroxyl groups is 1. The highest BCUT2D eigenvalue weighted by Gasteiger charge is 2.34. The normalized spacial score (nSPS) is 19.1. The summed E-state index contributed by atoms with van der Waals surface area (Å²) in [5, 5.41) is 19.4. The number of nitrogens with one attached hydrogen (secondary N) is 1. The molecule has 2 aromatic carbocycles. The quantitative estimate of drug-likeness (QED) is 0.235. The lowest BCUT2D eigenvalue weighted by Gasteiger charge is -2.37. The molecule has 12 heteroatoms. The van der Waals surface area contributed by atoms with Crippen LogP contribution in [0.2, 0.25) is 0 Å². The molecule has 0 saturated carbocycles. The maximum atomic E-state index is 14.2. The largest absolute Gasteiger partial charge is 0.417 e. The molecule has 0 spiro atoms. The Hall–Kier alpha value is -2.64. The number of thioether (sulfide) groups is 1. The summed E-state index contributed by atoms with van der Waals surface area (Å²) >= 11 is 1.27.